The predicted molar refractivity (Wildman–Crippen MR) is 118 cm³/mol. The number of piperidine rings is 1. The van der Waals surface area contributed by atoms with Gasteiger partial charge < -0.3 is 10.3 Å². The molecule has 0 aliphatic carbocycles. The highest BCUT2D eigenvalue weighted by molar-refractivity contribution is 7.89. The molecule has 1 amide bonds. The van der Waals surface area contributed by atoms with Gasteiger partial charge in [-0.25, -0.2) is 22.1 Å². The van der Waals surface area contributed by atoms with Crippen LogP contribution in [0.15, 0.2) is 42.5 Å². The smallest absolute Gasteiger partial charge is 0.227 e. The van der Waals surface area contributed by atoms with Crippen molar-refractivity contribution in [3.8, 4) is 0 Å². The number of halogens is 1. The number of fused-ring (bicyclic) bond motifs is 1. The number of imidazole rings is 1. The quantitative estimate of drug-likeness (QED) is 0.610. The lowest BCUT2D eigenvalue weighted by Gasteiger charge is -2.30. The van der Waals surface area contributed by atoms with E-state index < -0.39 is 10.0 Å². The minimum Gasteiger partial charge on any atom is -0.342 e. The SMILES string of the molecule is CCS(=O)(=O)N1CCC(C(=O)Nc2ccc3nc(Cc4ccccc4F)[nH]c3c2)CC1. The molecule has 0 saturated carbocycles. The molecule has 1 aliphatic rings. The van der Waals surface area contributed by atoms with Crippen molar-refractivity contribution < 1.29 is 17.6 Å². The van der Waals surface area contributed by atoms with Crippen LogP contribution in [-0.2, 0) is 21.2 Å². The fourth-order valence-electron chi connectivity index (χ4n) is 3.87. The largest absolute Gasteiger partial charge is 0.342 e. The number of aromatic amines is 1. The highest BCUT2D eigenvalue weighted by Gasteiger charge is 2.30. The van der Waals surface area contributed by atoms with Gasteiger partial charge in [-0.05, 0) is 49.6 Å². The molecule has 2 aromatic carbocycles. The van der Waals surface area contributed by atoms with Crippen LogP contribution in [0.3, 0.4) is 0 Å². The fraction of sp³-hybridized carbons (Fsp3) is 0.364. The topological polar surface area (TPSA) is 95.2 Å². The summed E-state index contributed by atoms with van der Waals surface area (Å²) in [4.78, 5) is 20.4. The van der Waals surface area contributed by atoms with E-state index in [0.717, 1.165) is 11.0 Å². The number of nitrogens with one attached hydrogen (secondary N) is 2. The van der Waals surface area contributed by atoms with E-state index in [-0.39, 0.29) is 23.4 Å². The summed E-state index contributed by atoms with van der Waals surface area (Å²) in [6.07, 6.45) is 1.36. The average Bonchev–Trinajstić information content (AvgIpc) is 3.17. The first-order valence-corrected chi connectivity index (χ1v) is 12.0. The number of benzene rings is 2. The molecule has 0 unspecified atom stereocenters. The van der Waals surface area contributed by atoms with Crippen molar-refractivity contribution in [2.75, 3.05) is 24.2 Å². The first-order chi connectivity index (χ1) is 14.9. The molecule has 1 aromatic heterocycles. The lowest BCUT2D eigenvalue weighted by atomic mass is 9.97. The Morgan fingerprint density at radius 3 is 2.68 bits per heavy atom. The van der Waals surface area contributed by atoms with Crippen LogP contribution < -0.4 is 5.32 Å². The Balaban J connectivity index is 1.41. The molecular weight excluding hydrogens is 419 g/mol. The van der Waals surface area contributed by atoms with E-state index in [2.05, 4.69) is 15.3 Å². The predicted octanol–water partition coefficient (Wildman–Crippen LogP) is 3.29. The maximum absolute atomic E-state index is 13.9. The highest BCUT2D eigenvalue weighted by Crippen LogP contribution is 2.23. The third kappa shape index (κ3) is 4.77. The number of rotatable bonds is 6. The number of H-pyrrole nitrogens is 1. The first-order valence-electron chi connectivity index (χ1n) is 10.4. The summed E-state index contributed by atoms with van der Waals surface area (Å²) in [6, 6.07) is 12.0. The van der Waals surface area contributed by atoms with Crippen LogP contribution >= 0.6 is 0 Å². The molecule has 31 heavy (non-hydrogen) atoms. The Kier molecular flexibility index (Phi) is 6.06. The van der Waals surface area contributed by atoms with Gasteiger partial charge in [-0.3, -0.25) is 4.79 Å². The van der Waals surface area contributed by atoms with Crippen molar-refractivity contribution in [3.05, 3.63) is 59.7 Å². The van der Waals surface area contributed by atoms with Crippen molar-refractivity contribution in [1.82, 2.24) is 14.3 Å². The summed E-state index contributed by atoms with van der Waals surface area (Å²) >= 11 is 0. The second-order valence-electron chi connectivity index (χ2n) is 7.75. The van der Waals surface area contributed by atoms with Gasteiger partial charge in [0.2, 0.25) is 15.9 Å². The Hall–Kier alpha value is -2.78. The molecule has 164 valence electrons. The molecule has 2 heterocycles. The fourth-order valence-corrected chi connectivity index (χ4v) is 5.00. The molecule has 0 atom stereocenters. The number of hydrogen-bond donors (Lipinski definition) is 2. The number of carbonyl (C=O) groups is 1. The minimum absolute atomic E-state index is 0.0764. The van der Waals surface area contributed by atoms with Crippen LogP contribution in [0, 0.1) is 11.7 Å². The van der Waals surface area contributed by atoms with Crippen LogP contribution in [-0.4, -0.2) is 47.4 Å². The van der Waals surface area contributed by atoms with Gasteiger partial charge in [-0.2, -0.15) is 0 Å². The summed E-state index contributed by atoms with van der Waals surface area (Å²) in [6.45, 7) is 2.36. The van der Waals surface area contributed by atoms with Gasteiger partial charge in [0, 0.05) is 31.1 Å². The second kappa shape index (κ2) is 8.76. The zero-order chi connectivity index (χ0) is 22.0. The average molecular weight is 445 g/mol. The Bertz CT molecular complexity index is 1200. The Morgan fingerprint density at radius 2 is 1.97 bits per heavy atom. The molecule has 0 radical (unpaired) electrons. The lowest BCUT2D eigenvalue weighted by molar-refractivity contribution is -0.120. The molecule has 1 aliphatic heterocycles. The third-order valence-corrected chi connectivity index (χ3v) is 7.58. The monoisotopic (exact) mass is 444 g/mol. The van der Waals surface area contributed by atoms with Crippen LogP contribution in [0.2, 0.25) is 0 Å². The van der Waals surface area contributed by atoms with E-state index in [1.54, 1.807) is 31.2 Å². The molecule has 4 rings (SSSR count). The van der Waals surface area contributed by atoms with Crippen molar-refractivity contribution >= 4 is 32.7 Å². The Labute approximate surface area is 180 Å². The number of carbonyl (C=O) groups excluding carboxylic acids is 1. The molecule has 9 heteroatoms. The van der Waals surface area contributed by atoms with Crippen molar-refractivity contribution in [2.45, 2.75) is 26.2 Å². The molecule has 2 N–H and O–H groups in total. The minimum atomic E-state index is -3.21. The number of aromatic nitrogens is 2. The summed E-state index contributed by atoms with van der Waals surface area (Å²) < 4.78 is 39.3. The van der Waals surface area contributed by atoms with E-state index in [9.17, 15) is 17.6 Å². The molecule has 3 aromatic rings. The number of anilines is 1. The standard InChI is InChI=1S/C22H25FN4O3S/c1-2-31(29,30)27-11-9-15(10-12-27)22(28)24-17-7-8-19-20(14-17)26-21(25-19)13-16-5-3-4-6-18(16)23/h3-8,14-15H,2,9-13H2,1H3,(H,24,28)(H,25,26). The van der Waals surface area contributed by atoms with Gasteiger partial charge in [0.15, 0.2) is 0 Å². The van der Waals surface area contributed by atoms with Gasteiger partial charge in [0.1, 0.15) is 11.6 Å². The summed E-state index contributed by atoms with van der Waals surface area (Å²) in [5.74, 6) is 0.116. The first kappa shape index (κ1) is 21.5. The summed E-state index contributed by atoms with van der Waals surface area (Å²) in [5.41, 5.74) is 2.70. The van der Waals surface area contributed by atoms with Gasteiger partial charge in [0.05, 0.1) is 16.8 Å². The van der Waals surface area contributed by atoms with Crippen LogP contribution in [0.4, 0.5) is 10.1 Å². The zero-order valence-corrected chi connectivity index (χ0v) is 18.1. The molecule has 0 bridgehead atoms. The summed E-state index contributed by atoms with van der Waals surface area (Å²) in [5, 5.41) is 2.92. The maximum atomic E-state index is 13.9. The normalized spacial score (nSPS) is 15.9. The van der Waals surface area contributed by atoms with Gasteiger partial charge in [-0.15, -0.1) is 0 Å². The van der Waals surface area contributed by atoms with Gasteiger partial charge >= 0.3 is 0 Å². The number of hydrogen-bond acceptors (Lipinski definition) is 4. The molecular formula is C22H25FN4O3S. The van der Waals surface area contributed by atoms with Crippen LogP contribution in [0.5, 0.6) is 0 Å². The molecule has 1 fully saturated rings. The van der Waals surface area contributed by atoms with Crippen molar-refractivity contribution in [3.63, 3.8) is 0 Å². The number of amides is 1. The van der Waals surface area contributed by atoms with Crippen molar-refractivity contribution in [2.24, 2.45) is 5.92 Å². The third-order valence-electron chi connectivity index (χ3n) is 5.70. The molecule has 1 saturated heterocycles. The van der Waals surface area contributed by atoms with Gasteiger partial charge in [0.25, 0.3) is 0 Å². The van der Waals surface area contributed by atoms with Crippen molar-refractivity contribution in [1.29, 1.82) is 0 Å². The molecule has 7 nitrogen and oxygen atoms in total. The zero-order valence-electron chi connectivity index (χ0n) is 17.3. The van der Waals surface area contributed by atoms with Crippen LogP contribution in [0.1, 0.15) is 31.2 Å². The Morgan fingerprint density at radius 1 is 1.23 bits per heavy atom. The van der Waals surface area contributed by atoms with E-state index in [1.807, 2.05) is 12.1 Å². The highest BCUT2D eigenvalue weighted by atomic mass is 32.2. The van der Waals surface area contributed by atoms with E-state index in [4.69, 9.17) is 0 Å². The van der Waals surface area contributed by atoms with E-state index in [1.165, 1.54) is 10.4 Å². The van der Waals surface area contributed by atoms with Crippen LogP contribution in [0.25, 0.3) is 11.0 Å². The molecule has 0 spiro atoms. The summed E-state index contributed by atoms with van der Waals surface area (Å²) in [7, 11) is -3.21. The number of sulfonamides is 1. The van der Waals surface area contributed by atoms with Gasteiger partial charge in [-0.1, -0.05) is 18.2 Å². The number of nitrogens with zero attached hydrogens (tertiary/aromatic N) is 2. The van der Waals surface area contributed by atoms with E-state index >= 15 is 0 Å². The lowest BCUT2D eigenvalue weighted by Crippen LogP contribution is -2.42. The second-order valence-corrected chi connectivity index (χ2v) is 10.0. The van der Waals surface area contributed by atoms with E-state index in [0.29, 0.717) is 49.4 Å². The maximum Gasteiger partial charge on any atom is 0.227 e.